The van der Waals surface area contributed by atoms with Gasteiger partial charge in [0.05, 0.1) is 5.60 Å². The van der Waals surface area contributed by atoms with Crippen LogP contribution in [-0.4, -0.2) is 29.8 Å². The third-order valence-corrected chi connectivity index (χ3v) is 6.67. The molecule has 2 heterocycles. The Bertz CT molecular complexity index is 288. The molecule has 4 heteroatoms. The van der Waals surface area contributed by atoms with Gasteiger partial charge in [-0.05, 0) is 43.3 Å². The minimum atomic E-state index is 0.193. The van der Waals surface area contributed by atoms with E-state index in [1.165, 1.54) is 62.9 Å². The molecule has 3 N–H and O–H groups in total. The Balaban J connectivity index is 1.58. The number of hydrazine groups is 1. The molecule has 3 rings (SSSR count). The summed E-state index contributed by atoms with van der Waals surface area (Å²) in [6.07, 6.45) is 10.6. The smallest absolute Gasteiger partial charge is 0.0783 e. The van der Waals surface area contributed by atoms with Gasteiger partial charge in [0.25, 0.3) is 0 Å². The first-order valence-electron chi connectivity index (χ1n) is 7.99. The van der Waals surface area contributed by atoms with Gasteiger partial charge < -0.3 is 4.74 Å². The lowest BCUT2D eigenvalue weighted by atomic mass is 9.78. The lowest BCUT2D eigenvalue weighted by Crippen LogP contribution is -2.49. The molecule has 0 aromatic heterocycles. The summed E-state index contributed by atoms with van der Waals surface area (Å²) in [4.78, 5) is 0. The molecule has 3 atom stereocenters. The maximum absolute atomic E-state index is 6.13. The van der Waals surface area contributed by atoms with Gasteiger partial charge in [-0.2, -0.15) is 11.8 Å². The van der Waals surface area contributed by atoms with Crippen molar-refractivity contribution in [2.75, 3.05) is 18.1 Å². The molecule has 1 saturated carbocycles. The van der Waals surface area contributed by atoms with Crippen molar-refractivity contribution >= 4 is 11.8 Å². The predicted octanol–water partition coefficient (Wildman–Crippen LogP) is 2.70. The molecule has 2 saturated heterocycles. The van der Waals surface area contributed by atoms with Crippen LogP contribution in [0.3, 0.4) is 0 Å². The third-order valence-electron chi connectivity index (χ3n) is 5.44. The number of nitrogens with two attached hydrogens (primary N) is 1. The van der Waals surface area contributed by atoms with Crippen molar-refractivity contribution in [3.05, 3.63) is 0 Å². The molecule has 0 amide bonds. The number of hydrogen-bond donors (Lipinski definition) is 2. The summed E-state index contributed by atoms with van der Waals surface area (Å²) in [7, 11) is 0. The normalized spacial score (nSPS) is 38.1. The number of hydrogen-bond acceptors (Lipinski definition) is 4. The minimum absolute atomic E-state index is 0.193. The van der Waals surface area contributed by atoms with Gasteiger partial charge in [0.15, 0.2) is 0 Å². The Morgan fingerprint density at radius 1 is 1.32 bits per heavy atom. The van der Waals surface area contributed by atoms with Crippen molar-refractivity contribution in [1.29, 1.82) is 0 Å². The summed E-state index contributed by atoms with van der Waals surface area (Å²) in [6.45, 7) is 0.939. The average molecular weight is 284 g/mol. The van der Waals surface area contributed by atoms with E-state index >= 15 is 0 Å². The van der Waals surface area contributed by atoms with Gasteiger partial charge in [-0.1, -0.05) is 25.7 Å². The summed E-state index contributed by atoms with van der Waals surface area (Å²) >= 11 is 2.06. The molecule has 1 spiro atoms. The van der Waals surface area contributed by atoms with E-state index in [1.807, 2.05) is 0 Å². The summed E-state index contributed by atoms with van der Waals surface area (Å²) in [6, 6.07) is 0.509. The molecule has 0 aromatic rings. The molecular formula is C15H28N2OS. The van der Waals surface area contributed by atoms with Crippen LogP contribution in [0.5, 0.6) is 0 Å². The highest BCUT2D eigenvalue weighted by atomic mass is 32.2. The zero-order valence-electron chi connectivity index (χ0n) is 11.9. The van der Waals surface area contributed by atoms with E-state index in [-0.39, 0.29) is 5.60 Å². The fourth-order valence-electron chi connectivity index (χ4n) is 4.27. The van der Waals surface area contributed by atoms with E-state index in [0.29, 0.717) is 6.04 Å². The second-order valence-corrected chi connectivity index (χ2v) is 7.85. The van der Waals surface area contributed by atoms with Crippen molar-refractivity contribution in [3.8, 4) is 0 Å². The first-order chi connectivity index (χ1) is 9.31. The van der Waals surface area contributed by atoms with Gasteiger partial charge >= 0.3 is 0 Å². The first kappa shape index (κ1) is 14.2. The molecule has 1 aliphatic carbocycles. The van der Waals surface area contributed by atoms with Crippen molar-refractivity contribution in [2.24, 2.45) is 17.7 Å². The lowest BCUT2D eigenvalue weighted by Gasteiger charge is -2.41. The van der Waals surface area contributed by atoms with Crippen LogP contribution in [0.1, 0.15) is 51.4 Å². The number of thioether (sulfide) groups is 1. The fraction of sp³-hybridized carbons (Fsp3) is 1.00. The molecule has 3 nitrogen and oxygen atoms in total. The van der Waals surface area contributed by atoms with Crippen LogP contribution in [0.2, 0.25) is 0 Å². The average Bonchev–Trinajstić information content (AvgIpc) is 3.08. The number of rotatable bonds is 4. The maximum atomic E-state index is 6.13. The Morgan fingerprint density at radius 2 is 2.16 bits per heavy atom. The lowest BCUT2D eigenvalue weighted by molar-refractivity contribution is -0.0862. The van der Waals surface area contributed by atoms with Crippen LogP contribution in [0, 0.1) is 11.8 Å². The van der Waals surface area contributed by atoms with Gasteiger partial charge in [0.1, 0.15) is 0 Å². The summed E-state index contributed by atoms with van der Waals surface area (Å²) in [5.41, 5.74) is 3.34. The molecule has 3 aliphatic rings. The summed E-state index contributed by atoms with van der Waals surface area (Å²) in [5.74, 6) is 9.98. The van der Waals surface area contributed by atoms with Gasteiger partial charge in [0, 0.05) is 18.4 Å². The molecule has 19 heavy (non-hydrogen) atoms. The van der Waals surface area contributed by atoms with Crippen LogP contribution < -0.4 is 11.3 Å². The second kappa shape index (κ2) is 6.33. The Kier molecular flexibility index (Phi) is 4.73. The molecular weight excluding hydrogens is 256 g/mol. The highest BCUT2D eigenvalue weighted by Crippen LogP contribution is 2.42. The van der Waals surface area contributed by atoms with Crippen LogP contribution >= 0.6 is 11.8 Å². The van der Waals surface area contributed by atoms with Crippen LogP contribution in [0.25, 0.3) is 0 Å². The first-order valence-corrected chi connectivity index (χ1v) is 9.15. The maximum Gasteiger partial charge on any atom is 0.0783 e. The van der Waals surface area contributed by atoms with E-state index in [2.05, 4.69) is 17.2 Å². The van der Waals surface area contributed by atoms with E-state index in [9.17, 15) is 0 Å². The summed E-state index contributed by atoms with van der Waals surface area (Å²) in [5, 5.41) is 0. The zero-order chi connectivity index (χ0) is 13.1. The van der Waals surface area contributed by atoms with Crippen LogP contribution in [0.15, 0.2) is 0 Å². The second-order valence-electron chi connectivity index (χ2n) is 6.75. The predicted molar refractivity (Wildman–Crippen MR) is 81.0 cm³/mol. The van der Waals surface area contributed by atoms with E-state index < -0.39 is 0 Å². The molecule has 3 fully saturated rings. The highest BCUT2D eigenvalue weighted by molar-refractivity contribution is 7.99. The number of nitrogens with one attached hydrogen (secondary N) is 1. The monoisotopic (exact) mass is 284 g/mol. The van der Waals surface area contributed by atoms with Gasteiger partial charge in [-0.15, -0.1) is 0 Å². The van der Waals surface area contributed by atoms with Crippen molar-refractivity contribution in [3.63, 3.8) is 0 Å². The molecule has 0 bridgehead atoms. The molecule has 2 aliphatic heterocycles. The van der Waals surface area contributed by atoms with Crippen LogP contribution in [-0.2, 0) is 4.74 Å². The Labute approximate surface area is 121 Å². The van der Waals surface area contributed by atoms with Crippen molar-refractivity contribution in [1.82, 2.24) is 5.43 Å². The fourth-order valence-corrected chi connectivity index (χ4v) is 5.65. The minimum Gasteiger partial charge on any atom is -0.374 e. The quantitative estimate of drug-likeness (QED) is 0.615. The van der Waals surface area contributed by atoms with Crippen molar-refractivity contribution in [2.45, 2.75) is 63.0 Å². The zero-order valence-corrected chi connectivity index (χ0v) is 12.7. The molecule has 110 valence electrons. The van der Waals surface area contributed by atoms with Gasteiger partial charge in [-0.25, -0.2) is 0 Å². The largest absolute Gasteiger partial charge is 0.374 e. The number of ether oxygens (including phenoxy) is 1. The van der Waals surface area contributed by atoms with E-state index in [4.69, 9.17) is 10.6 Å². The Hall–Kier alpha value is 0.230. The highest BCUT2D eigenvalue weighted by Gasteiger charge is 2.42. The van der Waals surface area contributed by atoms with E-state index in [0.717, 1.165) is 18.4 Å². The summed E-state index contributed by atoms with van der Waals surface area (Å²) < 4.78 is 6.13. The standard InChI is InChI=1S/C15H28N2OS/c16-17-14(9-12-3-1-2-4-12)13-5-7-18-15(10-13)6-8-19-11-15/h12-14,17H,1-11,16H2. The topological polar surface area (TPSA) is 47.3 Å². The van der Waals surface area contributed by atoms with Crippen LogP contribution in [0.4, 0.5) is 0 Å². The van der Waals surface area contributed by atoms with Gasteiger partial charge in [-0.3, -0.25) is 11.3 Å². The SMILES string of the molecule is NNC(CC1CCCC1)C1CCOC2(CCSC2)C1. The molecule has 3 unspecified atom stereocenters. The molecule has 0 aromatic carbocycles. The van der Waals surface area contributed by atoms with E-state index in [1.54, 1.807) is 0 Å². The van der Waals surface area contributed by atoms with Crippen molar-refractivity contribution < 1.29 is 4.74 Å². The third kappa shape index (κ3) is 3.29. The van der Waals surface area contributed by atoms with Gasteiger partial charge in [0.2, 0.25) is 0 Å². The Morgan fingerprint density at radius 3 is 2.84 bits per heavy atom. The molecule has 0 radical (unpaired) electrons.